The van der Waals surface area contributed by atoms with Gasteiger partial charge >= 0.3 is 0 Å². The molecule has 2 fully saturated rings. The molecule has 1 saturated heterocycles. The summed E-state index contributed by atoms with van der Waals surface area (Å²) in [4.78, 5) is 25.7. The van der Waals surface area contributed by atoms with Gasteiger partial charge in [-0.15, -0.1) is 0 Å². The first kappa shape index (κ1) is 17.9. The van der Waals surface area contributed by atoms with Crippen molar-refractivity contribution in [3.63, 3.8) is 0 Å². The van der Waals surface area contributed by atoms with Crippen LogP contribution in [0.2, 0.25) is 0 Å². The highest BCUT2D eigenvalue weighted by molar-refractivity contribution is 5.94. The lowest BCUT2D eigenvalue weighted by atomic mass is 9.91. The van der Waals surface area contributed by atoms with Gasteiger partial charge in [0.1, 0.15) is 6.10 Å². The summed E-state index contributed by atoms with van der Waals surface area (Å²) >= 11 is 0. The Balaban J connectivity index is 1.57. The maximum Gasteiger partial charge on any atom is 0.251 e. The fourth-order valence-electron chi connectivity index (χ4n) is 3.44. The smallest absolute Gasteiger partial charge is 0.251 e. The molecule has 3 rings (SSSR count). The highest BCUT2D eigenvalue weighted by atomic mass is 16.5. The zero-order chi connectivity index (χ0) is 18.0. The van der Waals surface area contributed by atoms with Crippen LogP contribution in [-0.4, -0.2) is 56.1 Å². The fourth-order valence-corrected chi connectivity index (χ4v) is 3.44. The van der Waals surface area contributed by atoms with Gasteiger partial charge in [0, 0.05) is 12.0 Å². The molecule has 6 nitrogen and oxygen atoms in total. The summed E-state index contributed by atoms with van der Waals surface area (Å²) < 4.78 is 5.29. The number of hydrogen-bond acceptors (Lipinski definition) is 4. The zero-order valence-electron chi connectivity index (χ0n) is 15.0. The number of hydrogen-bond donors (Lipinski definition) is 2. The summed E-state index contributed by atoms with van der Waals surface area (Å²) in [6.45, 7) is 1.40. The van der Waals surface area contributed by atoms with Gasteiger partial charge in [-0.25, -0.2) is 0 Å². The molecule has 2 aliphatic rings. The molecule has 0 aromatic heterocycles. The van der Waals surface area contributed by atoms with E-state index >= 15 is 0 Å². The van der Waals surface area contributed by atoms with Gasteiger partial charge in [0.2, 0.25) is 5.91 Å². The maximum absolute atomic E-state index is 12.4. The van der Waals surface area contributed by atoms with E-state index in [4.69, 9.17) is 10.5 Å². The molecule has 25 heavy (non-hydrogen) atoms. The van der Waals surface area contributed by atoms with Gasteiger partial charge < -0.3 is 20.7 Å². The first-order valence-corrected chi connectivity index (χ1v) is 8.87. The average molecular weight is 345 g/mol. The van der Waals surface area contributed by atoms with E-state index in [2.05, 4.69) is 36.4 Å². The number of benzene rings is 1. The predicted octanol–water partition coefficient (Wildman–Crippen LogP) is 1.04. The molecule has 1 aliphatic carbocycles. The largest absolute Gasteiger partial charge is 0.367 e. The quantitative estimate of drug-likeness (QED) is 0.773. The molecule has 2 atom stereocenters. The van der Waals surface area contributed by atoms with Crippen molar-refractivity contribution in [1.82, 2.24) is 10.2 Å². The third-order valence-corrected chi connectivity index (χ3v) is 5.30. The van der Waals surface area contributed by atoms with E-state index in [1.54, 1.807) is 0 Å². The van der Waals surface area contributed by atoms with Gasteiger partial charge in [0.05, 0.1) is 12.6 Å². The minimum atomic E-state index is -0.598. The van der Waals surface area contributed by atoms with Crippen LogP contribution in [0.1, 0.15) is 41.6 Å². The zero-order valence-corrected chi connectivity index (χ0v) is 15.0. The number of amides is 2. The lowest BCUT2D eigenvalue weighted by Gasteiger charge is -2.19. The number of rotatable bonds is 7. The number of nitrogens with one attached hydrogen (secondary N) is 1. The summed E-state index contributed by atoms with van der Waals surface area (Å²) in [5, 5.41) is 2.92. The van der Waals surface area contributed by atoms with Crippen LogP contribution in [-0.2, 0) is 14.9 Å². The summed E-state index contributed by atoms with van der Waals surface area (Å²) in [7, 11) is 4.19. The molecular weight excluding hydrogens is 318 g/mol. The van der Waals surface area contributed by atoms with Crippen LogP contribution in [0.25, 0.3) is 0 Å². The first-order chi connectivity index (χ1) is 11.9. The van der Waals surface area contributed by atoms with Crippen LogP contribution in [0, 0.1) is 0 Å². The molecule has 3 N–H and O–H groups in total. The van der Waals surface area contributed by atoms with Gasteiger partial charge in [-0.3, -0.25) is 9.59 Å². The number of primary amides is 1. The number of ether oxygens (including phenoxy) is 1. The topological polar surface area (TPSA) is 84.7 Å². The highest BCUT2D eigenvalue weighted by Gasteiger charge is 2.43. The molecular formula is C19H27N3O3. The minimum absolute atomic E-state index is 0.136. The molecule has 2 amide bonds. The van der Waals surface area contributed by atoms with Crippen LogP contribution >= 0.6 is 0 Å². The van der Waals surface area contributed by atoms with E-state index in [9.17, 15) is 9.59 Å². The number of nitrogens with zero attached hydrogens (tertiary/aromatic N) is 1. The van der Waals surface area contributed by atoms with Crippen molar-refractivity contribution >= 4 is 11.8 Å². The first-order valence-electron chi connectivity index (χ1n) is 8.87. The third-order valence-electron chi connectivity index (χ3n) is 5.30. The van der Waals surface area contributed by atoms with Crippen molar-refractivity contribution in [3.8, 4) is 0 Å². The second-order valence-corrected chi connectivity index (χ2v) is 7.54. The Morgan fingerprint density at radius 3 is 2.48 bits per heavy atom. The van der Waals surface area contributed by atoms with Gasteiger partial charge in [0.15, 0.2) is 0 Å². The molecule has 136 valence electrons. The molecule has 0 spiro atoms. The van der Waals surface area contributed by atoms with Crippen molar-refractivity contribution in [2.45, 2.75) is 43.2 Å². The van der Waals surface area contributed by atoms with Crippen molar-refractivity contribution in [2.75, 3.05) is 27.2 Å². The van der Waals surface area contributed by atoms with Gasteiger partial charge in [-0.05, 0) is 63.0 Å². The van der Waals surface area contributed by atoms with E-state index in [1.807, 2.05) is 12.1 Å². The van der Waals surface area contributed by atoms with Crippen molar-refractivity contribution < 1.29 is 14.3 Å². The second kappa shape index (κ2) is 7.14. The van der Waals surface area contributed by atoms with Crippen molar-refractivity contribution in [1.29, 1.82) is 0 Å². The molecule has 1 saturated carbocycles. The van der Waals surface area contributed by atoms with E-state index in [0.717, 1.165) is 13.0 Å². The third kappa shape index (κ3) is 4.19. The van der Waals surface area contributed by atoms with Crippen LogP contribution < -0.4 is 11.1 Å². The normalized spacial score (nSPS) is 24.3. The molecule has 2 unspecified atom stereocenters. The number of nitrogens with two attached hydrogens (primary N) is 1. The molecule has 6 heteroatoms. The SMILES string of the molecule is CN(C)CCC1(c2ccc(C(=O)NC3COC(C(N)=O)C3)cc2)CC1. The Morgan fingerprint density at radius 1 is 1.28 bits per heavy atom. The summed E-state index contributed by atoms with van der Waals surface area (Å²) in [6, 6.07) is 7.77. The summed E-state index contributed by atoms with van der Waals surface area (Å²) in [5.41, 5.74) is 7.48. The molecule has 1 aromatic carbocycles. The number of carbonyl (C=O) groups excluding carboxylic acids is 2. The molecule has 1 aromatic rings. The lowest BCUT2D eigenvalue weighted by molar-refractivity contribution is -0.126. The van der Waals surface area contributed by atoms with E-state index in [0.29, 0.717) is 24.0 Å². The van der Waals surface area contributed by atoms with Crippen LogP contribution in [0.3, 0.4) is 0 Å². The number of carbonyl (C=O) groups is 2. The van der Waals surface area contributed by atoms with Gasteiger partial charge in [0.25, 0.3) is 5.91 Å². The molecule has 1 heterocycles. The Hall–Kier alpha value is -1.92. The van der Waals surface area contributed by atoms with Crippen LogP contribution in [0.15, 0.2) is 24.3 Å². The Morgan fingerprint density at radius 2 is 1.96 bits per heavy atom. The van der Waals surface area contributed by atoms with Crippen LogP contribution in [0.5, 0.6) is 0 Å². The average Bonchev–Trinajstić information content (AvgIpc) is 3.24. The maximum atomic E-state index is 12.4. The van der Waals surface area contributed by atoms with Gasteiger partial charge in [-0.1, -0.05) is 12.1 Å². The standard InChI is InChI=1S/C19H27N3O3/c1-22(2)10-9-19(7-8-19)14-5-3-13(4-6-14)18(24)21-15-11-16(17(20)23)25-12-15/h3-6,15-16H,7-12H2,1-2H3,(H2,20,23)(H,21,24). The van der Waals surface area contributed by atoms with Crippen molar-refractivity contribution in [2.24, 2.45) is 5.73 Å². The highest BCUT2D eigenvalue weighted by Crippen LogP contribution is 2.51. The van der Waals surface area contributed by atoms with Crippen molar-refractivity contribution in [3.05, 3.63) is 35.4 Å². The van der Waals surface area contributed by atoms with Gasteiger partial charge in [-0.2, -0.15) is 0 Å². The Bertz CT molecular complexity index is 638. The Kier molecular flexibility index (Phi) is 5.11. The van der Waals surface area contributed by atoms with E-state index in [-0.39, 0.29) is 11.9 Å². The minimum Gasteiger partial charge on any atom is -0.367 e. The lowest BCUT2D eigenvalue weighted by Crippen LogP contribution is -2.36. The molecule has 1 aliphatic heterocycles. The second-order valence-electron chi connectivity index (χ2n) is 7.54. The predicted molar refractivity (Wildman–Crippen MR) is 95.3 cm³/mol. The van der Waals surface area contributed by atoms with Crippen LogP contribution in [0.4, 0.5) is 0 Å². The summed E-state index contributed by atoms with van der Waals surface area (Å²) in [6.07, 6.45) is 3.44. The molecule has 0 bridgehead atoms. The summed E-state index contributed by atoms with van der Waals surface area (Å²) in [5.74, 6) is -0.614. The Labute approximate surface area is 148 Å². The van der Waals surface area contributed by atoms with E-state index < -0.39 is 12.0 Å². The monoisotopic (exact) mass is 345 g/mol. The fraction of sp³-hybridized carbons (Fsp3) is 0.579. The van der Waals surface area contributed by atoms with E-state index in [1.165, 1.54) is 18.4 Å². The molecule has 0 radical (unpaired) electrons.